The first kappa shape index (κ1) is 22.9. The second-order valence-electron chi connectivity index (χ2n) is 9.75. The van der Waals surface area contributed by atoms with Crippen molar-refractivity contribution in [3.63, 3.8) is 0 Å². The van der Waals surface area contributed by atoms with Crippen molar-refractivity contribution in [1.29, 1.82) is 0 Å². The second-order valence-corrected chi connectivity index (χ2v) is 9.75. The van der Waals surface area contributed by atoms with Crippen molar-refractivity contribution in [2.45, 2.75) is 38.2 Å². The fourth-order valence-electron chi connectivity index (χ4n) is 5.70. The summed E-state index contributed by atoms with van der Waals surface area (Å²) in [6.07, 6.45) is 4.75. The number of nitrogens with zero attached hydrogens (tertiary/aromatic N) is 4. The average molecular weight is 490 g/mol. The van der Waals surface area contributed by atoms with Gasteiger partial charge in [-0.25, -0.2) is 8.78 Å². The Balaban J connectivity index is 1.45. The number of piperidine rings is 1. The molecule has 0 saturated carbocycles. The molecule has 0 bridgehead atoms. The highest BCUT2D eigenvalue weighted by atomic mass is 19.3. The first-order valence-electron chi connectivity index (χ1n) is 12.6. The molecule has 0 aliphatic carbocycles. The van der Waals surface area contributed by atoms with Gasteiger partial charge in [0.15, 0.2) is 0 Å². The van der Waals surface area contributed by atoms with Crippen LogP contribution in [0.5, 0.6) is 0 Å². The Morgan fingerprint density at radius 2 is 1.92 bits per heavy atom. The monoisotopic (exact) mass is 489 g/mol. The predicted octanol–water partition coefficient (Wildman–Crippen LogP) is 5.35. The van der Waals surface area contributed by atoms with E-state index in [1.54, 1.807) is 29.9 Å². The van der Waals surface area contributed by atoms with Crippen LogP contribution >= 0.6 is 0 Å². The number of anilines is 2. The van der Waals surface area contributed by atoms with Crippen LogP contribution < -0.4 is 15.8 Å². The van der Waals surface area contributed by atoms with E-state index in [4.69, 9.17) is 0 Å². The molecule has 0 radical (unpaired) electrons. The van der Waals surface area contributed by atoms with Gasteiger partial charge in [-0.1, -0.05) is 6.07 Å². The molecule has 4 heterocycles. The first-order chi connectivity index (χ1) is 17.5. The third-order valence-electron chi connectivity index (χ3n) is 7.64. The zero-order valence-corrected chi connectivity index (χ0v) is 20.3. The van der Waals surface area contributed by atoms with Gasteiger partial charge in [-0.3, -0.25) is 9.48 Å². The Morgan fingerprint density at radius 1 is 1.08 bits per heavy atom. The van der Waals surface area contributed by atoms with Crippen molar-refractivity contribution in [3.8, 4) is 11.1 Å². The summed E-state index contributed by atoms with van der Waals surface area (Å²) in [4.78, 5) is 14.3. The number of rotatable bonds is 4. The Morgan fingerprint density at radius 3 is 2.72 bits per heavy atom. The second kappa shape index (κ2) is 9.17. The molecule has 1 N–H and O–H groups in total. The van der Waals surface area contributed by atoms with Crippen LogP contribution in [-0.2, 0) is 13.5 Å². The molecule has 4 aromatic rings. The van der Waals surface area contributed by atoms with Crippen molar-refractivity contribution in [3.05, 3.63) is 76.3 Å². The maximum Gasteiger partial charge on any atom is 0.264 e. The molecule has 2 aromatic heterocycles. The van der Waals surface area contributed by atoms with Crippen molar-refractivity contribution >= 4 is 22.3 Å². The van der Waals surface area contributed by atoms with Crippen molar-refractivity contribution in [2.24, 2.45) is 7.05 Å². The standard InChI is InChI=1S/C28H29F2N5O/c1-33-24-5-2-6-25(21(24)7-8-27(33)36)34-13-3-4-18-14-22(23(28(29)30)15-26(18)34)19-16-32-35(17-19)20-9-11-31-12-10-20/h2,5-8,14-17,20,28,31H,3-4,9-13H2,1H3. The van der Waals surface area contributed by atoms with Crippen LogP contribution in [0.15, 0.2) is 59.7 Å². The Bertz CT molecular complexity index is 1490. The number of halogens is 2. The average Bonchev–Trinajstić information content (AvgIpc) is 3.40. The summed E-state index contributed by atoms with van der Waals surface area (Å²) >= 11 is 0. The van der Waals surface area contributed by atoms with E-state index < -0.39 is 6.43 Å². The van der Waals surface area contributed by atoms with E-state index in [0.717, 1.165) is 78.7 Å². The summed E-state index contributed by atoms with van der Waals surface area (Å²) in [7, 11) is 1.75. The highest BCUT2D eigenvalue weighted by molar-refractivity contribution is 5.95. The zero-order valence-electron chi connectivity index (χ0n) is 20.3. The molecule has 2 aromatic carbocycles. The number of pyridine rings is 1. The minimum Gasteiger partial charge on any atom is -0.341 e. The van der Waals surface area contributed by atoms with E-state index >= 15 is 0 Å². The van der Waals surface area contributed by atoms with E-state index in [1.807, 2.05) is 41.2 Å². The lowest BCUT2D eigenvalue weighted by molar-refractivity contribution is 0.152. The van der Waals surface area contributed by atoms with E-state index in [2.05, 4.69) is 15.3 Å². The minimum absolute atomic E-state index is 0.0261. The van der Waals surface area contributed by atoms with Gasteiger partial charge in [-0.05, 0) is 80.2 Å². The lowest BCUT2D eigenvalue weighted by Gasteiger charge is -2.33. The number of hydrogen-bond donors (Lipinski definition) is 1. The van der Waals surface area contributed by atoms with Gasteiger partial charge in [0.25, 0.3) is 12.0 Å². The van der Waals surface area contributed by atoms with Gasteiger partial charge in [0.05, 0.1) is 23.4 Å². The van der Waals surface area contributed by atoms with Gasteiger partial charge in [-0.2, -0.15) is 5.10 Å². The molecule has 0 spiro atoms. The number of aryl methyl sites for hydroxylation is 2. The van der Waals surface area contributed by atoms with Gasteiger partial charge >= 0.3 is 0 Å². The Hall–Kier alpha value is -3.52. The molecule has 0 amide bonds. The van der Waals surface area contributed by atoms with Crippen LogP contribution in [0.4, 0.5) is 20.2 Å². The summed E-state index contributed by atoms with van der Waals surface area (Å²) in [5.74, 6) is 0. The number of hydrogen-bond acceptors (Lipinski definition) is 4. The van der Waals surface area contributed by atoms with Crippen LogP contribution in [0.25, 0.3) is 22.0 Å². The molecule has 0 atom stereocenters. The largest absolute Gasteiger partial charge is 0.341 e. The lowest BCUT2D eigenvalue weighted by Crippen LogP contribution is -2.29. The van der Waals surface area contributed by atoms with Crippen LogP contribution in [-0.4, -0.2) is 34.0 Å². The smallest absolute Gasteiger partial charge is 0.264 e. The zero-order chi connectivity index (χ0) is 24.8. The predicted molar refractivity (Wildman–Crippen MR) is 138 cm³/mol. The highest BCUT2D eigenvalue weighted by Crippen LogP contribution is 2.42. The molecule has 8 heteroatoms. The van der Waals surface area contributed by atoms with Gasteiger partial charge in [0.1, 0.15) is 0 Å². The molecular weight excluding hydrogens is 460 g/mol. The van der Waals surface area contributed by atoms with E-state index in [9.17, 15) is 13.6 Å². The number of alkyl halides is 2. The molecule has 186 valence electrons. The van der Waals surface area contributed by atoms with Gasteiger partial charge < -0.3 is 14.8 Å². The number of fused-ring (bicyclic) bond motifs is 2. The maximum atomic E-state index is 14.4. The van der Waals surface area contributed by atoms with Gasteiger partial charge in [0, 0.05) is 48.1 Å². The molecule has 36 heavy (non-hydrogen) atoms. The molecule has 2 aliphatic heterocycles. The number of nitrogens with one attached hydrogen (secondary N) is 1. The van der Waals surface area contributed by atoms with Crippen LogP contribution in [0.1, 0.15) is 42.9 Å². The van der Waals surface area contributed by atoms with Gasteiger partial charge in [-0.15, -0.1) is 0 Å². The quantitative estimate of drug-likeness (QED) is 0.420. The Kier molecular flexibility index (Phi) is 5.84. The van der Waals surface area contributed by atoms with Crippen molar-refractivity contribution in [2.75, 3.05) is 24.5 Å². The number of aromatic nitrogens is 3. The summed E-state index contributed by atoms with van der Waals surface area (Å²) in [5, 5.41) is 8.83. The van der Waals surface area contributed by atoms with E-state index in [1.165, 1.54) is 0 Å². The molecule has 6 nitrogen and oxygen atoms in total. The summed E-state index contributed by atoms with van der Waals surface area (Å²) in [6, 6.07) is 13.1. The Labute approximate surface area is 208 Å². The molecule has 1 saturated heterocycles. The van der Waals surface area contributed by atoms with Crippen molar-refractivity contribution < 1.29 is 8.78 Å². The molecule has 1 fully saturated rings. The van der Waals surface area contributed by atoms with Crippen LogP contribution in [0.2, 0.25) is 0 Å². The molecule has 2 aliphatic rings. The fraction of sp³-hybridized carbons (Fsp3) is 0.357. The topological polar surface area (TPSA) is 55.1 Å². The van der Waals surface area contributed by atoms with E-state index in [-0.39, 0.29) is 11.1 Å². The summed E-state index contributed by atoms with van der Waals surface area (Å²) < 4.78 is 32.4. The van der Waals surface area contributed by atoms with Crippen LogP contribution in [0.3, 0.4) is 0 Å². The third-order valence-corrected chi connectivity index (χ3v) is 7.64. The summed E-state index contributed by atoms with van der Waals surface area (Å²) in [6.45, 7) is 2.61. The minimum atomic E-state index is -2.61. The molecule has 0 unspecified atom stereocenters. The normalized spacial score (nSPS) is 16.6. The lowest BCUT2D eigenvalue weighted by atomic mass is 9.92. The maximum absolute atomic E-state index is 14.4. The summed E-state index contributed by atoms with van der Waals surface area (Å²) in [5.41, 5.74) is 4.87. The SMILES string of the molecule is Cn1c(=O)ccc2c(N3CCCc4cc(-c5cnn(C6CCNCC6)c5)c(C(F)F)cc43)cccc21. The fourth-order valence-corrected chi connectivity index (χ4v) is 5.70. The van der Waals surface area contributed by atoms with Crippen LogP contribution in [0, 0.1) is 0 Å². The van der Waals surface area contributed by atoms with Crippen molar-refractivity contribution in [1.82, 2.24) is 19.7 Å². The first-order valence-corrected chi connectivity index (χ1v) is 12.6. The van der Waals surface area contributed by atoms with Gasteiger partial charge in [0.2, 0.25) is 0 Å². The number of benzene rings is 2. The highest BCUT2D eigenvalue weighted by Gasteiger charge is 2.26. The molecular formula is C28H29F2N5O. The molecule has 6 rings (SSSR count). The van der Waals surface area contributed by atoms with E-state index in [0.29, 0.717) is 11.6 Å². The third kappa shape index (κ3) is 3.89.